The second-order valence-corrected chi connectivity index (χ2v) is 10.8. The van der Waals surface area contributed by atoms with E-state index in [1.165, 1.54) is 19.2 Å². The zero-order valence-electron chi connectivity index (χ0n) is 25.0. The van der Waals surface area contributed by atoms with Crippen LogP contribution < -0.4 is 36.5 Å². The standard InChI is InChI=1S/C31H29ClFN11O2/c1-44(2)30-41-29(36-20-11-9-19(33)10-12-20)42-31(43-30)46-23-13-6-17(14-24(23)45-3)22-15-21(16-4-7-18(32)8-5-16)37-25-26(34)39-28(35)40-27(25)38-22/h4-14,22H,15H2,1-3H3,(H,36,41,42,43)(H5,34,35,38,39,40). The van der Waals surface area contributed by atoms with Gasteiger partial charge in [0.05, 0.1) is 18.9 Å². The van der Waals surface area contributed by atoms with Gasteiger partial charge < -0.3 is 36.5 Å². The molecule has 0 bridgehead atoms. The SMILES string of the molecule is COc1cc(C2CC(c3ccc(Cl)cc3)=Nc3c(N)nc(N)nc3N2)ccc1Oc1nc(Nc2ccc(F)cc2)nc(N(C)C)n1. The number of hydrogen-bond acceptors (Lipinski definition) is 13. The number of nitrogen functional groups attached to an aromatic ring is 2. The van der Waals surface area contributed by atoms with Gasteiger partial charge in [-0.3, -0.25) is 0 Å². The van der Waals surface area contributed by atoms with Crippen LogP contribution in [0.25, 0.3) is 0 Å². The summed E-state index contributed by atoms with van der Waals surface area (Å²) in [6, 6.07) is 18.4. The largest absolute Gasteiger partial charge is 0.493 e. The molecule has 0 spiro atoms. The lowest BCUT2D eigenvalue weighted by Gasteiger charge is -2.20. The fourth-order valence-electron chi connectivity index (χ4n) is 4.71. The van der Waals surface area contributed by atoms with Gasteiger partial charge in [0, 0.05) is 31.2 Å². The minimum absolute atomic E-state index is 0.0238. The number of ether oxygens (including phenoxy) is 2. The highest BCUT2D eigenvalue weighted by Crippen LogP contribution is 2.40. The molecule has 6 rings (SSSR count). The Bertz CT molecular complexity index is 1920. The molecule has 6 N–H and O–H groups in total. The molecule has 2 aromatic heterocycles. The molecule has 3 heterocycles. The van der Waals surface area contributed by atoms with Gasteiger partial charge in [-0.15, -0.1) is 0 Å². The van der Waals surface area contributed by atoms with E-state index in [-0.39, 0.29) is 35.6 Å². The monoisotopic (exact) mass is 641 g/mol. The molecule has 1 aliphatic rings. The van der Waals surface area contributed by atoms with Crippen LogP contribution in [0.3, 0.4) is 0 Å². The van der Waals surface area contributed by atoms with E-state index in [0.717, 1.165) is 16.8 Å². The van der Waals surface area contributed by atoms with Crippen molar-refractivity contribution in [3.8, 4) is 17.5 Å². The van der Waals surface area contributed by atoms with Crippen LogP contribution in [-0.2, 0) is 0 Å². The third-order valence-corrected chi connectivity index (χ3v) is 7.21. The molecule has 46 heavy (non-hydrogen) atoms. The minimum Gasteiger partial charge on any atom is -0.493 e. The van der Waals surface area contributed by atoms with E-state index in [0.29, 0.717) is 46.1 Å². The van der Waals surface area contributed by atoms with Crippen LogP contribution in [-0.4, -0.2) is 51.8 Å². The van der Waals surface area contributed by atoms with Gasteiger partial charge in [-0.25, -0.2) is 9.38 Å². The number of methoxy groups -OCH3 is 1. The van der Waals surface area contributed by atoms with Crippen molar-refractivity contribution in [2.75, 3.05) is 48.2 Å². The molecule has 0 aliphatic carbocycles. The highest BCUT2D eigenvalue weighted by molar-refractivity contribution is 6.30. The number of aromatic nitrogens is 5. The zero-order chi connectivity index (χ0) is 32.4. The predicted octanol–water partition coefficient (Wildman–Crippen LogP) is 5.91. The highest BCUT2D eigenvalue weighted by Gasteiger charge is 2.25. The normalized spacial score (nSPS) is 13.9. The smallest absolute Gasteiger partial charge is 0.328 e. The third-order valence-electron chi connectivity index (χ3n) is 6.96. The van der Waals surface area contributed by atoms with Gasteiger partial charge in [-0.05, 0) is 59.7 Å². The van der Waals surface area contributed by atoms with Crippen LogP contribution in [0.1, 0.15) is 23.6 Å². The van der Waals surface area contributed by atoms with Crippen molar-refractivity contribution in [1.82, 2.24) is 24.9 Å². The molecular formula is C31H29ClFN11O2. The Hall–Kier alpha value is -5.76. The molecule has 0 saturated heterocycles. The van der Waals surface area contributed by atoms with E-state index in [4.69, 9.17) is 37.5 Å². The zero-order valence-corrected chi connectivity index (χ0v) is 25.7. The van der Waals surface area contributed by atoms with E-state index in [2.05, 4.69) is 35.6 Å². The Morgan fingerprint density at radius 2 is 1.70 bits per heavy atom. The summed E-state index contributed by atoms with van der Waals surface area (Å²) in [5.74, 6) is 1.59. The second kappa shape index (κ2) is 12.7. The summed E-state index contributed by atoms with van der Waals surface area (Å²) in [5.41, 5.74) is 15.6. The van der Waals surface area contributed by atoms with Gasteiger partial charge in [-0.1, -0.05) is 29.8 Å². The number of anilines is 6. The number of halogens is 2. The van der Waals surface area contributed by atoms with Gasteiger partial charge >= 0.3 is 6.01 Å². The first-order chi connectivity index (χ1) is 22.1. The number of nitrogens with two attached hydrogens (primary N) is 2. The first-order valence-electron chi connectivity index (χ1n) is 14.0. The molecule has 1 unspecified atom stereocenters. The van der Waals surface area contributed by atoms with Crippen molar-refractivity contribution in [2.45, 2.75) is 12.5 Å². The lowest BCUT2D eigenvalue weighted by atomic mass is 9.97. The number of aliphatic imine (C=N–C) groups is 1. The maximum atomic E-state index is 13.4. The molecule has 1 aliphatic heterocycles. The molecule has 15 heteroatoms. The number of nitrogens with zero attached hydrogens (tertiary/aromatic N) is 7. The molecular weight excluding hydrogens is 613 g/mol. The summed E-state index contributed by atoms with van der Waals surface area (Å²) in [4.78, 5) is 28.3. The summed E-state index contributed by atoms with van der Waals surface area (Å²) in [6.45, 7) is 0. The molecule has 1 atom stereocenters. The predicted molar refractivity (Wildman–Crippen MR) is 176 cm³/mol. The Labute approximate surface area is 268 Å². The fraction of sp³-hybridized carbons (Fsp3) is 0.161. The maximum absolute atomic E-state index is 13.4. The Morgan fingerprint density at radius 3 is 2.41 bits per heavy atom. The molecule has 0 radical (unpaired) electrons. The summed E-state index contributed by atoms with van der Waals surface area (Å²) >= 11 is 6.15. The summed E-state index contributed by atoms with van der Waals surface area (Å²) in [7, 11) is 5.13. The number of nitrogens with one attached hydrogen (secondary N) is 2. The Morgan fingerprint density at radius 1 is 0.935 bits per heavy atom. The van der Waals surface area contributed by atoms with Crippen LogP contribution in [0.2, 0.25) is 5.02 Å². The van der Waals surface area contributed by atoms with Crippen LogP contribution in [0, 0.1) is 5.82 Å². The average molecular weight is 642 g/mol. The minimum atomic E-state index is -0.354. The van der Waals surface area contributed by atoms with Crippen LogP contribution >= 0.6 is 11.6 Å². The van der Waals surface area contributed by atoms with Crippen LogP contribution in [0.4, 0.5) is 45.2 Å². The highest BCUT2D eigenvalue weighted by atomic mass is 35.5. The Balaban J connectivity index is 1.32. The van der Waals surface area contributed by atoms with E-state index in [1.807, 2.05) is 24.3 Å². The van der Waals surface area contributed by atoms with Crippen molar-refractivity contribution < 1.29 is 13.9 Å². The average Bonchev–Trinajstić information content (AvgIpc) is 3.23. The van der Waals surface area contributed by atoms with Crippen molar-refractivity contribution in [1.29, 1.82) is 0 Å². The molecule has 3 aromatic carbocycles. The third kappa shape index (κ3) is 6.66. The van der Waals surface area contributed by atoms with E-state index in [1.54, 1.807) is 49.3 Å². The van der Waals surface area contributed by atoms with E-state index >= 15 is 0 Å². The van der Waals surface area contributed by atoms with Gasteiger partial charge in [-0.2, -0.15) is 24.9 Å². The van der Waals surface area contributed by atoms with Gasteiger partial charge in [0.2, 0.25) is 17.8 Å². The number of benzene rings is 3. The van der Waals surface area contributed by atoms with Gasteiger partial charge in [0.15, 0.2) is 23.1 Å². The van der Waals surface area contributed by atoms with Crippen molar-refractivity contribution in [3.63, 3.8) is 0 Å². The van der Waals surface area contributed by atoms with E-state index in [9.17, 15) is 4.39 Å². The first kappa shape index (κ1) is 30.3. The van der Waals surface area contributed by atoms with E-state index < -0.39 is 0 Å². The molecule has 0 saturated carbocycles. The van der Waals surface area contributed by atoms with Crippen molar-refractivity contribution in [3.05, 3.63) is 88.7 Å². The molecule has 0 fully saturated rings. The Kier molecular flexibility index (Phi) is 8.35. The van der Waals surface area contributed by atoms with Gasteiger partial charge in [0.25, 0.3) is 0 Å². The summed E-state index contributed by atoms with van der Waals surface area (Å²) < 4.78 is 25.3. The van der Waals surface area contributed by atoms with Crippen molar-refractivity contribution >= 4 is 58.2 Å². The first-order valence-corrected chi connectivity index (χ1v) is 14.4. The molecule has 0 amide bonds. The second-order valence-electron chi connectivity index (χ2n) is 10.4. The number of fused-ring (bicyclic) bond motifs is 1. The molecule has 5 aromatic rings. The number of hydrogen-bond donors (Lipinski definition) is 4. The summed E-state index contributed by atoms with van der Waals surface area (Å²) in [5, 5.41) is 7.09. The van der Waals surface area contributed by atoms with Crippen molar-refractivity contribution in [2.24, 2.45) is 4.99 Å². The van der Waals surface area contributed by atoms with Crippen LogP contribution in [0.5, 0.6) is 17.5 Å². The maximum Gasteiger partial charge on any atom is 0.328 e. The lowest BCUT2D eigenvalue weighted by molar-refractivity contribution is 0.367. The topological polar surface area (TPSA) is 175 Å². The fourth-order valence-corrected chi connectivity index (χ4v) is 4.84. The number of rotatable bonds is 8. The quantitative estimate of drug-likeness (QED) is 0.158. The van der Waals surface area contributed by atoms with Crippen LogP contribution in [0.15, 0.2) is 71.7 Å². The van der Waals surface area contributed by atoms with Gasteiger partial charge in [0.1, 0.15) is 11.5 Å². The molecule has 234 valence electrons. The lowest BCUT2D eigenvalue weighted by Crippen LogP contribution is -2.16. The molecule has 13 nitrogen and oxygen atoms in total. The summed E-state index contributed by atoms with van der Waals surface area (Å²) in [6.07, 6.45) is 0.457.